The summed E-state index contributed by atoms with van der Waals surface area (Å²) >= 11 is 6.33. The molecule has 19 heteroatoms. The number of ether oxygens (including phenoxy) is 7. The van der Waals surface area contributed by atoms with Crippen LogP contribution >= 0.6 is 19.4 Å². The lowest BCUT2D eigenvalue weighted by Crippen LogP contribution is -2.54. The van der Waals surface area contributed by atoms with Crippen molar-refractivity contribution in [3.05, 3.63) is 177 Å². The van der Waals surface area contributed by atoms with Crippen LogP contribution < -0.4 is 20.3 Å². The van der Waals surface area contributed by atoms with Gasteiger partial charge in [-0.3, -0.25) is 14.3 Å². The van der Waals surface area contributed by atoms with E-state index in [9.17, 15) is 24.2 Å². The number of hydrogen-bond donors (Lipinski definition) is 3. The number of carbonyl (C=O) groups is 1. The highest BCUT2D eigenvalue weighted by Crippen LogP contribution is 2.55. The molecule has 1 amide bonds. The van der Waals surface area contributed by atoms with E-state index >= 15 is 0 Å². The summed E-state index contributed by atoms with van der Waals surface area (Å²) in [6, 6.07) is 32.2. The zero-order chi connectivity index (χ0) is 47.2. The van der Waals surface area contributed by atoms with Crippen molar-refractivity contribution in [2.75, 3.05) is 39.9 Å². The van der Waals surface area contributed by atoms with Gasteiger partial charge in [-0.05, 0) is 71.7 Å². The number of nitrogens with one attached hydrogen (secondary N) is 1. The monoisotopic (exact) mass is 957 g/mol. The van der Waals surface area contributed by atoms with Gasteiger partial charge in [-0.1, -0.05) is 96.5 Å². The molecule has 8 rings (SSSR count). The Balaban J connectivity index is 1.21. The molecule has 3 N–H and O–H groups in total. The molecule has 0 bridgehead atoms. The Morgan fingerprint density at radius 3 is 2.21 bits per heavy atom. The molecule has 67 heavy (non-hydrogen) atoms. The molecular formula is C48H49ClN3O14P. The van der Waals surface area contributed by atoms with Crippen LogP contribution in [-0.2, 0) is 43.1 Å². The smallest absolute Gasteiger partial charge is 0.497 e. The van der Waals surface area contributed by atoms with E-state index in [2.05, 4.69) is 10.3 Å². The van der Waals surface area contributed by atoms with Crippen LogP contribution in [0.5, 0.6) is 11.5 Å². The third-order valence-corrected chi connectivity index (χ3v) is 12.9. The minimum Gasteiger partial charge on any atom is -0.497 e. The fraction of sp³-hybridized carbons (Fsp3) is 0.312. The molecule has 1 aromatic heterocycles. The van der Waals surface area contributed by atoms with Gasteiger partial charge in [0.2, 0.25) is 5.79 Å². The van der Waals surface area contributed by atoms with Gasteiger partial charge in [0.15, 0.2) is 24.4 Å². The van der Waals surface area contributed by atoms with Crippen molar-refractivity contribution >= 4 is 31.1 Å². The maximum Gasteiger partial charge on any atom is 0.530 e. The van der Waals surface area contributed by atoms with Gasteiger partial charge < -0.3 is 48.1 Å². The Bertz CT molecular complexity index is 2640. The van der Waals surface area contributed by atoms with Gasteiger partial charge in [0.1, 0.15) is 29.0 Å². The highest BCUT2D eigenvalue weighted by atomic mass is 35.5. The Labute approximate surface area is 391 Å². The summed E-state index contributed by atoms with van der Waals surface area (Å²) in [6.45, 7) is -0.281. The summed E-state index contributed by atoms with van der Waals surface area (Å²) in [7, 11) is -0.813. The standard InChI is InChI=1S/C48H49ClN3O14P/c1-58-36-22-20-32(21-23-36)43(53)50-40-26-29-52(45(54)51-40)44-42(64-41-19-12-30-61-41)48(55,66-67(56,57)65-38-18-11-10-17-37(38)49)39(63-44)31-62-47(33-13-6-4-7-14-33,34-15-8-5-9-16-34)35-24-27-46(59-2,60-3)28-25-35/h4-11,13-18,20-27,29,39,41-42,44,55H,12,19,28,30-31H2,1-3H3,(H,56,57)(H,50,51,53,54)/t39-,41?,42+,44-,48+/m1/s1. The van der Waals surface area contributed by atoms with Crippen LogP contribution in [0.2, 0.25) is 5.02 Å². The number of amides is 1. The molecule has 3 aliphatic rings. The SMILES string of the molecule is COc1ccc(C(=O)Nc2ccn([C@@H]3O[C@H](COC(C4=CCC(OC)(OC)C=C4)(c4ccccc4)c4ccccc4)[C@](O)(OP(=O)(O)Oc4ccccc4Cl)[C@H]3OC3CCCO3)c(=O)n2)cc1. The second-order valence-corrected chi connectivity index (χ2v) is 17.4. The van der Waals surface area contributed by atoms with E-state index in [1.54, 1.807) is 36.4 Å². The highest BCUT2D eigenvalue weighted by molar-refractivity contribution is 7.47. The van der Waals surface area contributed by atoms with Crippen molar-refractivity contribution in [1.29, 1.82) is 0 Å². The number of benzene rings is 4. The fourth-order valence-corrected chi connectivity index (χ4v) is 9.46. The van der Waals surface area contributed by atoms with Gasteiger partial charge in [-0.2, -0.15) is 4.98 Å². The van der Waals surface area contributed by atoms with Crippen LogP contribution in [0.1, 0.15) is 47.0 Å². The average molecular weight is 958 g/mol. The molecule has 352 valence electrons. The second-order valence-electron chi connectivity index (χ2n) is 15.7. The van der Waals surface area contributed by atoms with E-state index in [4.69, 9.17) is 53.8 Å². The summed E-state index contributed by atoms with van der Waals surface area (Å²) in [5.41, 5.74) is -0.183. The van der Waals surface area contributed by atoms with Crippen LogP contribution in [0.15, 0.2) is 150 Å². The molecule has 17 nitrogen and oxygen atoms in total. The number of methoxy groups -OCH3 is 3. The van der Waals surface area contributed by atoms with Crippen molar-refractivity contribution in [2.45, 2.75) is 61.2 Å². The Kier molecular flexibility index (Phi) is 14.6. The zero-order valence-electron chi connectivity index (χ0n) is 36.6. The molecule has 0 radical (unpaired) electrons. The molecule has 2 unspecified atom stereocenters. The van der Waals surface area contributed by atoms with Crippen molar-refractivity contribution in [3.63, 3.8) is 0 Å². The van der Waals surface area contributed by atoms with Crippen molar-refractivity contribution in [3.8, 4) is 11.5 Å². The molecule has 4 aromatic carbocycles. The van der Waals surface area contributed by atoms with E-state index in [0.717, 1.165) is 4.57 Å². The predicted molar refractivity (Wildman–Crippen MR) is 243 cm³/mol. The molecule has 5 aromatic rings. The Morgan fingerprint density at radius 1 is 0.955 bits per heavy atom. The lowest BCUT2D eigenvalue weighted by molar-refractivity contribution is -0.269. The topological polar surface area (TPSA) is 205 Å². The molecule has 0 saturated carbocycles. The normalized spacial score (nSPS) is 23.3. The van der Waals surface area contributed by atoms with E-state index < -0.39 is 67.9 Å². The number of nitrogens with zero attached hydrogens (tertiary/aromatic N) is 2. The molecule has 0 spiro atoms. The van der Waals surface area contributed by atoms with Crippen molar-refractivity contribution in [1.82, 2.24) is 9.55 Å². The van der Waals surface area contributed by atoms with Gasteiger partial charge in [0, 0.05) is 45.4 Å². The van der Waals surface area contributed by atoms with Gasteiger partial charge in [0.25, 0.3) is 5.91 Å². The molecule has 2 saturated heterocycles. The number of halogens is 1. The van der Waals surface area contributed by atoms with Crippen LogP contribution in [-0.4, -0.2) is 90.1 Å². The minimum atomic E-state index is -5.39. The highest BCUT2D eigenvalue weighted by Gasteiger charge is 2.64. The predicted octanol–water partition coefficient (Wildman–Crippen LogP) is 7.30. The molecule has 3 heterocycles. The van der Waals surface area contributed by atoms with Gasteiger partial charge >= 0.3 is 13.5 Å². The Morgan fingerprint density at radius 2 is 1.63 bits per heavy atom. The summed E-state index contributed by atoms with van der Waals surface area (Å²) in [6.07, 6.45) is 1.84. The first-order valence-electron chi connectivity index (χ1n) is 21.2. The van der Waals surface area contributed by atoms with E-state index in [1.807, 2.05) is 72.8 Å². The number of anilines is 1. The van der Waals surface area contributed by atoms with Crippen LogP contribution in [0, 0.1) is 0 Å². The lowest BCUT2D eigenvalue weighted by atomic mass is 9.77. The number of aromatic nitrogens is 2. The first kappa shape index (κ1) is 47.9. The molecule has 6 atom stereocenters. The van der Waals surface area contributed by atoms with Crippen molar-refractivity contribution < 1.29 is 61.6 Å². The molecule has 2 aliphatic heterocycles. The van der Waals surface area contributed by atoms with E-state index in [-0.39, 0.29) is 28.6 Å². The fourth-order valence-electron chi connectivity index (χ4n) is 8.19. The third-order valence-electron chi connectivity index (χ3n) is 11.7. The first-order chi connectivity index (χ1) is 32.3. The van der Waals surface area contributed by atoms with Crippen molar-refractivity contribution in [2.24, 2.45) is 0 Å². The number of phosphoric acid groups is 1. The zero-order valence-corrected chi connectivity index (χ0v) is 38.3. The second kappa shape index (κ2) is 20.4. The third kappa shape index (κ3) is 10.2. The maximum atomic E-state index is 14.2. The van der Waals surface area contributed by atoms with Crippen LogP contribution in [0.3, 0.4) is 0 Å². The van der Waals surface area contributed by atoms with Gasteiger partial charge in [-0.25, -0.2) is 13.9 Å². The largest absolute Gasteiger partial charge is 0.530 e. The van der Waals surface area contributed by atoms with Gasteiger partial charge in [0.05, 0.1) is 18.7 Å². The maximum absolute atomic E-state index is 14.2. The van der Waals surface area contributed by atoms with E-state index in [0.29, 0.717) is 41.9 Å². The number of para-hydroxylation sites is 1. The van der Waals surface area contributed by atoms with Gasteiger partial charge in [-0.15, -0.1) is 0 Å². The average Bonchev–Trinajstić information content (AvgIpc) is 3.96. The lowest BCUT2D eigenvalue weighted by Gasteiger charge is -2.41. The summed E-state index contributed by atoms with van der Waals surface area (Å²) < 4.78 is 69.0. The summed E-state index contributed by atoms with van der Waals surface area (Å²) in [5.74, 6) is -4.36. The number of aliphatic hydroxyl groups is 1. The molecule has 1 aliphatic carbocycles. The summed E-state index contributed by atoms with van der Waals surface area (Å²) in [5, 5.41) is 15.7. The quantitative estimate of drug-likeness (QED) is 0.0583. The number of rotatable bonds is 18. The molecular weight excluding hydrogens is 909 g/mol. The van der Waals surface area contributed by atoms with Crippen LogP contribution in [0.25, 0.3) is 0 Å². The molecule has 2 fully saturated rings. The number of hydrogen-bond acceptors (Lipinski definition) is 14. The number of carbonyl (C=O) groups excluding carboxylic acids is 1. The minimum absolute atomic E-state index is 0.0213. The Hall–Kier alpha value is -5.53. The number of phosphoric ester groups is 1. The van der Waals surface area contributed by atoms with E-state index in [1.165, 1.54) is 51.8 Å². The summed E-state index contributed by atoms with van der Waals surface area (Å²) in [4.78, 5) is 42.8. The van der Waals surface area contributed by atoms with Crippen LogP contribution in [0.4, 0.5) is 5.82 Å². The first-order valence-corrected chi connectivity index (χ1v) is 23.1.